The van der Waals surface area contributed by atoms with Gasteiger partial charge in [0.05, 0.1) is 4.92 Å². The van der Waals surface area contributed by atoms with E-state index in [2.05, 4.69) is 5.32 Å². The van der Waals surface area contributed by atoms with Gasteiger partial charge in [0.15, 0.2) is 0 Å². The van der Waals surface area contributed by atoms with Crippen LogP contribution in [0.2, 0.25) is 0 Å². The van der Waals surface area contributed by atoms with Crippen molar-refractivity contribution in [3.63, 3.8) is 0 Å². The number of rotatable bonds is 2. The molecule has 1 atom stereocenters. The highest BCUT2D eigenvalue weighted by atomic mass is 16.6. The molecule has 0 aliphatic carbocycles. The van der Waals surface area contributed by atoms with E-state index < -0.39 is 4.92 Å². The van der Waals surface area contributed by atoms with Crippen LogP contribution in [-0.2, 0) is 0 Å². The van der Waals surface area contributed by atoms with E-state index in [0.717, 1.165) is 13.1 Å². The van der Waals surface area contributed by atoms with Crippen molar-refractivity contribution in [3.05, 3.63) is 39.4 Å². The molecule has 1 amide bonds. The van der Waals surface area contributed by atoms with Crippen LogP contribution < -0.4 is 5.32 Å². The topological polar surface area (TPSA) is 75.5 Å². The minimum absolute atomic E-state index is 0.00589. The van der Waals surface area contributed by atoms with Gasteiger partial charge in [-0.15, -0.1) is 0 Å². The number of nitro groups is 1. The number of hydrogen-bond donors (Lipinski definition) is 1. The highest BCUT2D eigenvalue weighted by molar-refractivity contribution is 5.95. The summed E-state index contributed by atoms with van der Waals surface area (Å²) in [4.78, 5) is 24.6. The van der Waals surface area contributed by atoms with E-state index in [1.54, 1.807) is 24.0 Å². The molecular formula is C13H17N3O3. The monoisotopic (exact) mass is 263 g/mol. The number of nitrogens with one attached hydrogen (secondary N) is 1. The minimum atomic E-state index is -0.451. The fraction of sp³-hybridized carbons (Fsp3) is 0.462. The molecular weight excluding hydrogens is 246 g/mol. The molecule has 0 aromatic heterocycles. The Hall–Kier alpha value is -1.95. The molecule has 1 saturated heterocycles. The van der Waals surface area contributed by atoms with Crippen molar-refractivity contribution in [2.75, 3.05) is 19.6 Å². The lowest BCUT2D eigenvalue weighted by molar-refractivity contribution is -0.385. The fourth-order valence-electron chi connectivity index (χ4n) is 2.25. The van der Waals surface area contributed by atoms with Crippen LogP contribution >= 0.6 is 0 Å². The highest BCUT2D eigenvalue weighted by Crippen LogP contribution is 2.21. The number of aryl methyl sites for hydroxylation is 1. The molecule has 2 rings (SSSR count). The summed E-state index contributed by atoms with van der Waals surface area (Å²) in [6.07, 6.45) is 0. The summed E-state index contributed by atoms with van der Waals surface area (Å²) < 4.78 is 0. The smallest absolute Gasteiger partial charge is 0.273 e. The second-order valence-corrected chi connectivity index (χ2v) is 4.81. The van der Waals surface area contributed by atoms with E-state index in [0.29, 0.717) is 17.7 Å². The average molecular weight is 263 g/mol. The number of carbonyl (C=O) groups is 1. The molecule has 0 bridgehead atoms. The summed E-state index contributed by atoms with van der Waals surface area (Å²) in [5, 5.41) is 14.1. The van der Waals surface area contributed by atoms with E-state index in [-0.39, 0.29) is 17.6 Å². The zero-order chi connectivity index (χ0) is 14.0. The molecule has 19 heavy (non-hydrogen) atoms. The zero-order valence-electron chi connectivity index (χ0n) is 11.0. The molecule has 1 heterocycles. The van der Waals surface area contributed by atoms with Gasteiger partial charge in [0.1, 0.15) is 0 Å². The molecule has 0 saturated carbocycles. The van der Waals surface area contributed by atoms with Gasteiger partial charge in [-0.3, -0.25) is 14.9 Å². The number of amides is 1. The Labute approximate surface area is 111 Å². The Morgan fingerprint density at radius 2 is 2.26 bits per heavy atom. The van der Waals surface area contributed by atoms with Crippen molar-refractivity contribution in [3.8, 4) is 0 Å². The van der Waals surface area contributed by atoms with Crippen LogP contribution in [0.5, 0.6) is 0 Å². The lowest BCUT2D eigenvalue weighted by atomic mass is 10.1. The Bertz CT molecular complexity index is 516. The number of carbonyl (C=O) groups excluding carboxylic acids is 1. The van der Waals surface area contributed by atoms with E-state index >= 15 is 0 Å². The molecule has 1 aromatic carbocycles. The van der Waals surface area contributed by atoms with Crippen LogP contribution in [0, 0.1) is 17.0 Å². The standard InChI is InChI=1S/C13H17N3O3/c1-9-3-4-11(7-12(9)16(18)19)13(17)15-6-5-14-8-10(15)2/h3-4,7,10,14H,5-6,8H2,1-2H3. The van der Waals surface area contributed by atoms with Crippen molar-refractivity contribution >= 4 is 11.6 Å². The van der Waals surface area contributed by atoms with Crippen molar-refractivity contribution in [2.45, 2.75) is 19.9 Å². The third-order valence-electron chi connectivity index (χ3n) is 3.41. The first-order valence-corrected chi connectivity index (χ1v) is 6.27. The molecule has 0 spiro atoms. The molecule has 1 aliphatic heterocycles. The first kappa shape index (κ1) is 13.5. The fourth-order valence-corrected chi connectivity index (χ4v) is 2.25. The Balaban J connectivity index is 2.28. The molecule has 1 fully saturated rings. The number of nitro benzene ring substituents is 1. The van der Waals surface area contributed by atoms with E-state index in [4.69, 9.17) is 0 Å². The van der Waals surface area contributed by atoms with Crippen molar-refractivity contribution in [1.29, 1.82) is 0 Å². The van der Waals surface area contributed by atoms with E-state index in [1.807, 2.05) is 6.92 Å². The predicted octanol–water partition coefficient (Wildman–Crippen LogP) is 1.34. The van der Waals surface area contributed by atoms with Gasteiger partial charge < -0.3 is 10.2 Å². The summed E-state index contributed by atoms with van der Waals surface area (Å²) >= 11 is 0. The number of piperazine rings is 1. The summed E-state index contributed by atoms with van der Waals surface area (Å²) in [6.45, 7) is 5.76. The second-order valence-electron chi connectivity index (χ2n) is 4.81. The molecule has 1 aromatic rings. The van der Waals surface area contributed by atoms with Crippen molar-refractivity contribution in [1.82, 2.24) is 10.2 Å². The maximum absolute atomic E-state index is 12.4. The Kier molecular flexibility index (Phi) is 3.80. The summed E-state index contributed by atoms with van der Waals surface area (Å²) in [6, 6.07) is 4.74. The van der Waals surface area contributed by atoms with Crippen LogP contribution in [0.1, 0.15) is 22.8 Å². The van der Waals surface area contributed by atoms with Crippen molar-refractivity contribution in [2.24, 2.45) is 0 Å². The van der Waals surface area contributed by atoms with Gasteiger partial charge in [0.25, 0.3) is 11.6 Å². The van der Waals surface area contributed by atoms with Gasteiger partial charge in [-0.1, -0.05) is 6.07 Å². The third kappa shape index (κ3) is 2.73. The molecule has 102 valence electrons. The molecule has 6 heteroatoms. The maximum Gasteiger partial charge on any atom is 0.273 e. The first-order valence-electron chi connectivity index (χ1n) is 6.27. The summed E-state index contributed by atoms with van der Waals surface area (Å²) in [5.41, 5.74) is 0.939. The summed E-state index contributed by atoms with van der Waals surface area (Å²) in [7, 11) is 0. The third-order valence-corrected chi connectivity index (χ3v) is 3.41. The Morgan fingerprint density at radius 3 is 2.89 bits per heavy atom. The minimum Gasteiger partial charge on any atom is -0.333 e. The maximum atomic E-state index is 12.4. The highest BCUT2D eigenvalue weighted by Gasteiger charge is 2.25. The van der Waals surface area contributed by atoms with Gasteiger partial charge >= 0.3 is 0 Å². The summed E-state index contributed by atoms with van der Waals surface area (Å²) in [5.74, 6) is -0.142. The van der Waals surface area contributed by atoms with Gasteiger partial charge in [0.2, 0.25) is 0 Å². The SMILES string of the molecule is Cc1ccc(C(=O)N2CCNCC2C)cc1[N+](=O)[O-]. The van der Waals surface area contributed by atoms with Gasteiger partial charge in [-0.2, -0.15) is 0 Å². The Morgan fingerprint density at radius 1 is 1.53 bits per heavy atom. The van der Waals surface area contributed by atoms with Crippen molar-refractivity contribution < 1.29 is 9.72 Å². The predicted molar refractivity (Wildman–Crippen MR) is 71.2 cm³/mol. The molecule has 1 unspecified atom stereocenters. The second kappa shape index (κ2) is 5.36. The van der Waals surface area contributed by atoms with E-state index in [9.17, 15) is 14.9 Å². The largest absolute Gasteiger partial charge is 0.333 e. The lowest BCUT2D eigenvalue weighted by Crippen LogP contribution is -2.52. The van der Waals surface area contributed by atoms with Gasteiger partial charge in [-0.05, 0) is 19.9 Å². The van der Waals surface area contributed by atoms with Crippen LogP contribution in [0.15, 0.2) is 18.2 Å². The van der Waals surface area contributed by atoms with Crippen LogP contribution in [0.4, 0.5) is 5.69 Å². The number of benzene rings is 1. The zero-order valence-corrected chi connectivity index (χ0v) is 11.0. The number of nitrogens with zero attached hydrogens (tertiary/aromatic N) is 2. The molecule has 1 aliphatic rings. The lowest BCUT2D eigenvalue weighted by Gasteiger charge is -2.34. The molecule has 6 nitrogen and oxygen atoms in total. The number of hydrogen-bond acceptors (Lipinski definition) is 4. The van der Waals surface area contributed by atoms with Crippen LogP contribution in [0.3, 0.4) is 0 Å². The normalized spacial score (nSPS) is 19.3. The first-order chi connectivity index (χ1) is 9.00. The van der Waals surface area contributed by atoms with Crippen LogP contribution in [-0.4, -0.2) is 41.4 Å². The molecule has 0 radical (unpaired) electrons. The van der Waals surface area contributed by atoms with Gasteiger partial charge in [0, 0.05) is 42.9 Å². The average Bonchev–Trinajstić information content (AvgIpc) is 2.38. The quantitative estimate of drug-likeness (QED) is 0.645. The van der Waals surface area contributed by atoms with Gasteiger partial charge in [-0.25, -0.2) is 0 Å². The van der Waals surface area contributed by atoms with Crippen LogP contribution in [0.25, 0.3) is 0 Å². The van der Waals surface area contributed by atoms with E-state index in [1.165, 1.54) is 6.07 Å². The molecule has 1 N–H and O–H groups in total.